The van der Waals surface area contributed by atoms with E-state index in [1.807, 2.05) is 0 Å². The topological polar surface area (TPSA) is 183 Å². The number of hydrogen-bond donors (Lipinski definition) is 6. The first-order valence-electron chi connectivity index (χ1n) is 9.60. The fourth-order valence-electron chi connectivity index (χ4n) is 3.66. The number of aliphatic carboxylic acids is 1. The van der Waals surface area contributed by atoms with E-state index in [1.165, 1.54) is 18.2 Å². The van der Waals surface area contributed by atoms with Crippen LogP contribution in [0, 0.1) is 0 Å². The number of fused-ring (bicyclic) bond motifs is 1. The van der Waals surface area contributed by atoms with E-state index >= 15 is 0 Å². The monoisotopic (exact) mass is 448 g/mol. The molecule has 0 spiro atoms. The van der Waals surface area contributed by atoms with Crippen LogP contribution in [0.1, 0.15) is 28.4 Å². The van der Waals surface area contributed by atoms with E-state index in [0.29, 0.717) is 5.56 Å². The average Bonchev–Trinajstić information content (AvgIpc) is 2.73. The summed E-state index contributed by atoms with van der Waals surface area (Å²) < 4.78 is 16.3. The van der Waals surface area contributed by atoms with Crippen LogP contribution in [0.4, 0.5) is 0 Å². The first-order valence-corrected chi connectivity index (χ1v) is 9.60. The second-order valence-electron chi connectivity index (χ2n) is 7.49. The zero-order chi connectivity index (χ0) is 23.2. The molecule has 11 heteroatoms. The molecule has 1 saturated heterocycles. The zero-order valence-corrected chi connectivity index (χ0v) is 16.4. The molecule has 0 amide bonds. The van der Waals surface area contributed by atoms with Crippen LogP contribution in [0.2, 0.25) is 0 Å². The molecule has 0 radical (unpaired) electrons. The van der Waals surface area contributed by atoms with E-state index < -0.39 is 42.8 Å². The lowest BCUT2D eigenvalue weighted by Crippen LogP contribution is -2.61. The van der Waals surface area contributed by atoms with Gasteiger partial charge in [-0.25, -0.2) is 4.79 Å². The van der Waals surface area contributed by atoms with Gasteiger partial charge in [0.25, 0.3) is 0 Å². The second kappa shape index (κ2) is 8.28. The average molecular weight is 448 g/mol. The highest BCUT2D eigenvalue weighted by Crippen LogP contribution is 2.41. The third-order valence-electron chi connectivity index (χ3n) is 5.30. The number of carboxylic acids is 1. The Balaban J connectivity index is 1.49. The Kier molecular flexibility index (Phi) is 5.65. The van der Waals surface area contributed by atoms with Crippen molar-refractivity contribution in [3.05, 3.63) is 47.5 Å². The fourth-order valence-corrected chi connectivity index (χ4v) is 3.66. The molecule has 2 aromatic rings. The molecule has 2 aliphatic heterocycles. The molecule has 0 saturated carbocycles. The molecule has 32 heavy (non-hydrogen) atoms. The Labute approximate surface area is 180 Å². The standard InChI is InChI=1S/C21H20O11/c22-9-5-11(23)15-12(24)7-13(31-14(15)6-9)8-1-3-10(4-2-8)30-21-18(27)16(25)17(26)19(32-21)20(28)29/h1-6,13,16-19,21-23,25-27H,7H2,(H,28,29)/t13?,16?,17-,18?,19-,21+/m0/s1. The van der Waals surface area contributed by atoms with Gasteiger partial charge in [-0.2, -0.15) is 0 Å². The summed E-state index contributed by atoms with van der Waals surface area (Å²) in [5.74, 6) is -2.30. The highest BCUT2D eigenvalue weighted by Gasteiger charge is 2.48. The van der Waals surface area contributed by atoms with E-state index in [9.17, 15) is 35.1 Å². The van der Waals surface area contributed by atoms with Gasteiger partial charge in [-0.1, -0.05) is 12.1 Å². The van der Waals surface area contributed by atoms with Gasteiger partial charge < -0.3 is 44.8 Å². The Morgan fingerprint density at radius 2 is 1.69 bits per heavy atom. The van der Waals surface area contributed by atoms with Gasteiger partial charge in [0, 0.05) is 12.1 Å². The summed E-state index contributed by atoms with van der Waals surface area (Å²) in [6.07, 6.45) is -9.40. The third-order valence-corrected chi connectivity index (χ3v) is 5.30. The molecule has 2 aromatic carbocycles. The number of aromatic hydroxyl groups is 2. The van der Waals surface area contributed by atoms with Crippen molar-refractivity contribution in [2.24, 2.45) is 0 Å². The van der Waals surface area contributed by atoms with Crippen LogP contribution in [-0.2, 0) is 9.53 Å². The van der Waals surface area contributed by atoms with Gasteiger partial charge in [-0.3, -0.25) is 4.79 Å². The van der Waals surface area contributed by atoms with E-state index in [-0.39, 0.29) is 40.8 Å². The second-order valence-corrected chi connectivity index (χ2v) is 7.49. The van der Waals surface area contributed by atoms with Crippen molar-refractivity contribution >= 4 is 11.8 Å². The lowest BCUT2D eigenvalue weighted by molar-refractivity contribution is -0.271. The first kappa shape index (κ1) is 21.8. The fraction of sp³-hybridized carbons (Fsp3) is 0.333. The molecule has 1 fully saturated rings. The predicted molar refractivity (Wildman–Crippen MR) is 103 cm³/mol. The molecule has 0 bridgehead atoms. The molecule has 0 aromatic heterocycles. The molecular formula is C21H20O11. The summed E-state index contributed by atoms with van der Waals surface area (Å²) in [6.45, 7) is 0. The van der Waals surface area contributed by atoms with Gasteiger partial charge in [-0.05, 0) is 17.7 Å². The van der Waals surface area contributed by atoms with Crippen molar-refractivity contribution < 1.29 is 54.4 Å². The van der Waals surface area contributed by atoms with Crippen molar-refractivity contribution in [1.29, 1.82) is 0 Å². The SMILES string of the molecule is O=C1CC(c2ccc(O[C@@H]3O[C@H](C(=O)O)[C@@H](O)C(O)C3O)cc2)Oc2cc(O)cc(O)c21. The highest BCUT2D eigenvalue weighted by molar-refractivity contribution is 6.02. The quantitative estimate of drug-likeness (QED) is 0.372. The van der Waals surface area contributed by atoms with Crippen molar-refractivity contribution in [2.75, 3.05) is 0 Å². The zero-order valence-electron chi connectivity index (χ0n) is 16.4. The molecule has 6 N–H and O–H groups in total. The minimum atomic E-state index is -1.83. The van der Waals surface area contributed by atoms with Gasteiger partial charge in [0.1, 0.15) is 53.0 Å². The normalized spacial score (nSPS) is 29.7. The summed E-state index contributed by atoms with van der Waals surface area (Å²) >= 11 is 0. The van der Waals surface area contributed by atoms with Crippen molar-refractivity contribution in [2.45, 2.75) is 43.2 Å². The number of ether oxygens (including phenoxy) is 3. The van der Waals surface area contributed by atoms with Gasteiger partial charge in [0.15, 0.2) is 11.9 Å². The molecule has 0 aliphatic carbocycles. The number of rotatable bonds is 4. The van der Waals surface area contributed by atoms with Gasteiger partial charge in [0.05, 0.1) is 6.42 Å². The molecule has 2 aliphatic rings. The Morgan fingerprint density at radius 1 is 1.00 bits per heavy atom. The summed E-state index contributed by atoms with van der Waals surface area (Å²) in [7, 11) is 0. The molecule has 3 unspecified atom stereocenters. The van der Waals surface area contributed by atoms with Gasteiger partial charge in [-0.15, -0.1) is 0 Å². The number of carboxylic acid groups (broad SMARTS) is 1. The van der Waals surface area contributed by atoms with E-state index in [0.717, 1.165) is 6.07 Å². The van der Waals surface area contributed by atoms with E-state index in [1.54, 1.807) is 12.1 Å². The summed E-state index contributed by atoms with van der Waals surface area (Å²) in [5.41, 5.74) is 0.569. The number of carbonyl (C=O) groups excluding carboxylic acids is 1. The molecule has 4 rings (SSSR count). The number of Topliss-reactive ketones (excluding diaryl/α,β-unsaturated/α-hetero) is 1. The largest absolute Gasteiger partial charge is 0.508 e. The minimum Gasteiger partial charge on any atom is -0.508 e. The van der Waals surface area contributed by atoms with Crippen LogP contribution in [0.15, 0.2) is 36.4 Å². The predicted octanol–water partition coefficient (Wildman–Crippen LogP) is 0.0753. The van der Waals surface area contributed by atoms with Crippen molar-refractivity contribution in [3.63, 3.8) is 0 Å². The summed E-state index contributed by atoms with van der Waals surface area (Å²) in [6, 6.07) is 8.34. The summed E-state index contributed by atoms with van der Waals surface area (Å²) in [5, 5.41) is 58.3. The van der Waals surface area contributed by atoms with Crippen LogP contribution in [0.5, 0.6) is 23.0 Å². The van der Waals surface area contributed by atoms with E-state index in [4.69, 9.17) is 19.3 Å². The number of carbonyl (C=O) groups is 2. The number of phenols is 2. The Bertz CT molecular complexity index is 1030. The van der Waals surface area contributed by atoms with Crippen LogP contribution in [0.25, 0.3) is 0 Å². The molecule has 6 atom stereocenters. The van der Waals surface area contributed by atoms with Crippen LogP contribution >= 0.6 is 0 Å². The van der Waals surface area contributed by atoms with Crippen LogP contribution in [-0.4, -0.2) is 73.1 Å². The molecule has 170 valence electrons. The maximum Gasteiger partial charge on any atom is 0.335 e. The van der Waals surface area contributed by atoms with Crippen molar-refractivity contribution in [1.82, 2.24) is 0 Å². The smallest absolute Gasteiger partial charge is 0.335 e. The number of hydrogen-bond acceptors (Lipinski definition) is 10. The van der Waals surface area contributed by atoms with E-state index in [2.05, 4.69) is 0 Å². The lowest BCUT2D eigenvalue weighted by atomic mass is 9.95. The number of ketones is 1. The Morgan fingerprint density at radius 3 is 2.34 bits per heavy atom. The number of aliphatic hydroxyl groups excluding tert-OH is 3. The molecule has 2 heterocycles. The third kappa shape index (κ3) is 3.94. The number of phenolic OH excluding ortho intramolecular Hbond substituents is 2. The summed E-state index contributed by atoms with van der Waals surface area (Å²) in [4.78, 5) is 23.6. The molecular weight excluding hydrogens is 428 g/mol. The minimum absolute atomic E-state index is 0.00355. The highest BCUT2D eigenvalue weighted by atomic mass is 16.7. The first-order chi connectivity index (χ1) is 15.2. The lowest BCUT2D eigenvalue weighted by Gasteiger charge is -2.38. The number of aliphatic hydroxyl groups is 3. The van der Waals surface area contributed by atoms with Crippen molar-refractivity contribution in [3.8, 4) is 23.0 Å². The maximum atomic E-state index is 12.4. The molecule has 11 nitrogen and oxygen atoms in total. The maximum absolute atomic E-state index is 12.4. The van der Waals surface area contributed by atoms with Gasteiger partial charge in [0.2, 0.25) is 6.29 Å². The number of benzene rings is 2. The van der Waals surface area contributed by atoms with Gasteiger partial charge >= 0.3 is 5.97 Å². The Hall–Kier alpha value is -3.38. The van der Waals surface area contributed by atoms with Crippen LogP contribution in [0.3, 0.4) is 0 Å². The van der Waals surface area contributed by atoms with Crippen LogP contribution < -0.4 is 9.47 Å².